The molecule has 0 fully saturated rings. The second-order valence-electron chi connectivity index (χ2n) is 4.94. The van der Waals surface area contributed by atoms with E-state index >= 15 is 0 Å². The summed E-state index contributed by atoms with van der Waals surface area (Å²) in [4.78, 5) is 4.01. The van der Waals surface area contributed by atoms with E-state index in [1.165, 1.54) is 0 Å². The SMILES string of the molecule is CC(c1cccnc1B(O)O)C(C)(C)C. The summed E-state index contributed by atoms with van der Waals surface area (Å²) in [5.41, 5.74) is 1.34. The topological polar surface area (TPSA) is 53.4 Å². The van der Waals surface area contributed by atoms with Crippen molar-refractivity contribution in [1.29, 1.82) is 0 Å². The lowest BCUT2D eigenvalue weighted by Crippen LogP contribution is -2.38. The summed E-state index contributed by atoms with van der Waals surface area (Å²) in [6, 6.07) is 3.72. The molecular weight excluding hydrogens is 189 g/mol. The van der Waals surface area contributed by atoms with Crippen LogP contribution in [0.15, 0.2) is 18.3 Å². The van der Waals surface area contributed by atoms with Gasteiger partial charge in [-0.2, -0.15) is 0 Å². The fraction of sp³-hybridized carbons (Fsp3) is 0.545. The van der Waals surface area contributed by atoms with Gasteiger partial charge >= 0.3 is 7.12 Å². The van der Waals surface area contributed by atoms with E-state index in [0.717, 1.165) is 5.56 Å². The molecule has 2 N–H and O–H groups in total. The minimum absolute atomic E-state index is 0.0761. The van der Waals surface area contributed by atoms with Crippen molar-refractivity contribution in [2.75, 3.05) is 0 Å². The molecule has 0 aliphatic carbocycles. The normalized spacial score (nSPS) is 13.7. The molecule has 0 saturated carbocycles. The van der Waals surface area contributed by atoms with E-state index in [1.807, 2.05) is 12.1 Å². The van der Waals surface area contributed by atoms with Gasteiger partial charge in [-0.1, -0.05) is 33.8 Å². The zero-order valence-electron chi connectivity index (χ0n) is 9.73. The van der Waals surface area contributed by atoms with E-state index in [2.05, 4.69) is 32.7 Å². The van der Waals surface area contributed by atoms with Gasteiger partial charge in [0.2, 0.25) is 0 Å². The average molecular weight is 207 g/mol. The summed E-state index contributed by atoms with van der Waals surface area (Å²) < 4.78 is 0. The lowest BCUT2D eigenvalue weighted by atomic mass is 9.71. The Kier molecular flexibility index (Phi) is 3.52. The first-order valence-electron chi connectivity index (χ1n) is 5.15. The molecule has 3 nitrogen and oxygen atoms in total. The van der Waals surface area contributed by atoms with Crippen molar-refractivity contribution in [2.24, 2.45) is 5.41 Å². The van der Waals surface area contributed by atoms with E-state index in [0.29, 0.717) is 5.59 Å². The molecule has 0 amide bonds. The Hall–Kier alpha value is -0.865. The maximum Gasteiger partial charge on any atom is 0.508 e. The highest BCUT2D eigenvalue weighted by atomic mass is 16.4. The highest BCUT2D eigenvalue weighted by molar-refractivity contribution is 6.58. The Morgan fingerprint density at radius 3 is 2.40 bits per heavy atom. The summed E-state index contributed by atoms with van der Waals surface area (Å²) in [6.45, 7) is 8.44. The summed E-state index contributed by atoms with van der Waals surface area (Å²) in [5, 5.41) is 18.4. The van der Waals surface area contributed by atoms with E-state index in [1.54, 1.807) is 6.20 Å². The molecule has 1 atom stereocenters. The number of pyridine rings is 1. The smallest absolute Gasteiger partial charge is 0.422 e. The second kappa shape index (κ2) is 4.33. The molecule has 0 bridgehead atoms. The molecule has 0 spiro atoms. The molecule has 15 heavy (non-hydrogen) atoms. The lowest BCUT2D eigenvalue weighted by molar-refractivity contribution is 0.339. The van der Waals surface area contributed by atoms with Gasteiger partial charge in [-0.3, -0.25) is 4.98 Å². The molecule has 1 heterocycles. The summed E-state index contributed by atoms with van der Waals surface area (Å²) in [5.74, 6) is 0.225. The first-order chi connectivity index (χ1) is 6.84. The number of rotatable bonds is 2. The fourth-order valence-electron chi connectivity index (χ4n) is 1.48. The summed E-state index contributed by atoms with van der Waals surface area (Å²) >= 11 is 0. The van der Waals surface area contributed by atoms with Crippen LogP contribution < -0.4 is 5.59 Å². The minimum atomic E-state index is -1.49. The zero-order valence-corrected chi connectivity index (χ0v) is 9.73. The Balaban J connectivity index is 3.14. The quantitative estimate of drug-likeness (QED) is 0.708. The van der Waals surface area contributed by atoms with Gasteiger partial charge in [0.1, 0.15) is 0 Å². The van der Waals surface area contributed by atoms with Gasteiger partial charge < -0.3 is 10.0 Å². The summed E-state index contributed by atoms with van der Waals surface area (Å²) in [6.07, 6.45) is 1.58. The highest BCUT2D eigenvalue weighted by Gasteiger charge is 2.27. The predicted octanol–water partition coefficient (Wildman–Crippen LogP) is 0.911. The van der Waals surface area contributed by atoms with Gasteiger partial charge in [0.25, 0.3) is 0 Å². The first-order valence-corrected chi connectivity index (χ1v) is 5.15. The fourth-order valence-corrected chi connectivity index (χ4v) is 1.48. The van der Waals surface area contributed by atoms with Crippen molar-refractivity contribution in [3.8, 4) is 0 Å². The lowest BCUT2D eigenvalue weighted by Gasteiger charge is -2.28. The van der Waals surface area contributed by atoms with E-state index < -0.39 is 7.12 Å². The van der Waals surface area contributed by atoms with Crippen LogP contribution in [-0.4, -0.2) is 22.2 Å². The number of hydrogen-bond donors (Lipinski definition) is 2. The molecule has 0 saturated heterocycles. The molecule has 0 radical (unpaired) electrons. The Labute approximate surface area is 91.3 Å². The maximum absolute atomic E-state index is 9.21. The van der Waals surface area contributed by atoms with Crippen molar-refractivity contribution >= 4 is 12.7 Å². The Morgan fingerprint density at radius 1 is 1.33 bits per heavy atom. The average Bonchev–Trinajstić information content (AvgIpc) is 2.15. The van der Waals surface area contributed by atoms with Crippen LogP contribution >= 0.6 is 0 Å². The Morgan fingerprint density at radius 2 is 1.93 bits per heavy atom. The van der Waals surface area contributed by atoms with Crippen LogP contribution in [0.1, 0.15) is 39.2 Å². The standard InChI is InChI=1S/C11H18BNO2/c1-8(11(2,3)4)9-6-5-7-13-10(9)12(14)15/h5-8,14-15H,1-4H3. The molecule has 1 aromatic heterocycles. The van der Waals surface area contributed by atoms with Crippen LogP contribution in [0, 0.1) is 5.41 Å². The van der Waals surface area contributed by atoms with Gasteiger partial charge in [0, 0.05) is 6.20 Å². The first kappa shape index (κ1) is 12.2. The van der Waals surface area contributed by atoms with E-state index in [4.69, 9.17) is 0 Å². The predicted molar refractivity (Wildman–Crippen MR) is 61.9 cm³/mol. The van der Waals surface area contributed by atoms with Crippen LogP contribution in [0.5, 0.6) is 0 Å². The monoisotopic (exact) mass is 207 g/mol. The van der Waals surface area contributed by atoms with Crippen LogP contribution in [-0.2, 0) is 0 Å². The second-order valence-corrected chi connectivity index (χ2v) is 4.94. The van der Waals surface area contributed by atoms with Crippen LogP contribution in [0.25, 0.3) is 0 Å². The van der Waals surface area contributed by atoms with Crippen molar-refractivity contribution < 1.29 is 10.0 Å². The third-order valence-corrected chi connectivity index (χ3v) is 2.88. The van der Waals surface area contributed by atoms with Crippen molar-refractivity contribution in [1.82, 2.24) is 4.98 Å². The molecular formula is C11H18BNO2. The van der Waals surface area contributed by atoms with Gasteiger partial charge in [-0.25, -0.2) is 0 Å². The largest absolute Gasteiger partial charge is 0.508 e. The molecule has 82 valence electrons. The van der Waals surface area contributed by atoms with Gasteiger partial charge in [-0.05, 0) is 23.0 Å². The van der Waals surface area contributed by atoms with Gasteiger partial charge in [0.05, 0.1) is 5.59 Å². The number of nitrogens with zero attached hydrogens (tertiary/aromatic N) is 1. The van der Waals surface area contributed by atoms with Gasteiger partial charge in [-0.15, -0.1) is 0 Å². The molecule has 1 aromatic rings. The molecule has 0 aliphatic rings. The third-order valence-electron chi connectivity index (χ3n) is 2.88. The molecule has 1 unspecified atom stereocenters. The molecule has 1 rings (SSSR count). The van der Waals surface area contributed by atoms with Crippen molar-refractivity contribution in [3.63, 3.8) is 0 Å². The van der Waals surface area contributed by atoms with Crippen molar-refractivity contribution in [2.45, 2.75) is 33.6 Å². The van der Waals surface area contributed by atoms with E-state index in [-0.39, 0.29) is 11.3 Å². The van der Waals surface area contributed by atoms with E-state index in [9.17, 15) is 10.0 Å². The highest BCUT2D eigenvalue weighted by Crippen LogP contribution is 2.33. The molecule has 0 aromatic carbocycles. The third kappa shape index (κ3) is 2.80. The maximum atomic E-state index is 9.21. The molecule has 0 aliphatic heterocycles. The zero-order chi connectivity index (χ0) is 11.6. The van der Waals surface area contributed by atoms with Crippen molar-refractivity contribution in [3.05, 3.63) is 23.9 Å². The summed E-state index contributed by atoms with van der Waals surface area (Å²) in [7, 11) is -1.49. The Bertz CT molecular complexity index is 334. The van der Waals surface area contributed by atoms with Gasteiger partial charge in [0.15, 0.2) is 0 Å². The number of hydrogen-bond acceptors (Lipinski definition) is 3. The van der Waals surface area contributed by atoms with Crippen LogP contribution in [0.2, 0.25) is 0 Å². The molecule has 4 heteroatoms. The van der Waals surface area contributed by atoms with Crippen LogP contribution in [0.3, 0.4) is 0 Å². The van der Waals surface area contributed by atoms with Crippen LogP contribution in [0.4, 0.5) is 0 Å². The minimum Gasteiger partial charge on any atom is -0.422 e. The number of aromatic nitrogens is 1.